The molecule has 13 rings (SSSR count). The van der Waals surface area contributed by atoms with Gasteiger partial charge in [0.2, 0.25) is 0 Å². The van der Waals surface area contributed by atoms with Crippen LogP contribution in [0.1, 0.15) is 175 Å². The summed E-state index contributed by atoms with van der Waals surface area (Å²) in [7, 11) is 0. The molecule has 1 aliphatic carbocycles. The number of anilines is 8. The Morgan fingerprint density at radius 2 is 0.859 bits per heavy atom. The molecule has 3 aliphatic heterocycles. The molecular weight excluding hydrogens is 1030 g/mol. The zero-order chi connectivity index (χ0) is 60.0. The third-order valence-corrected chi connectivity index (χ3v) is 20.1. The fraction of sp³-hybridized carbons (Fsp3) is 0.333. The summed E-state index contributed by atoms with van der Waals surface area (Å²) in [5.41, 5.74) is 27.7. The maximum absolute atomic E-state index is 2.83. The first-order chi connectivity index (χ1) is 40.2. The Kier molecular flexibility index (Phi) is 13.1. The van der Waals surface area contributed by atoms with Gasteiger partial charge in [0.1, 0.15) is 0 Å². The second-order valence-electron chi connectivity index (χ2n) is 30.8. The van der Waals surface area contributed by atoms with Gasteiger partial charge in [-0.3, -0.25) is 0 Å². The molecule has 0 N–H and O–H groups in total. The molecule has 0 bridgehead atoms. The molecule has 2 unspecified atom stereocenters. The van der Waals surface area contributed by atoms with E-state index in [0.717, 1.165) is 12.8 Å². The lowest BCUT2D eigenvalue weighted by atomic mass is 9.33. The zero-order valence-electron chi connectivity index (χ0n) is 53.7. The van der Waals surface area contributed by atoms with Crippen molar-refractivity contribution in [2.24, 2.45) is 0 Å². The van der Waals surface area contributed by atoms with Gasteiger partial charge < -0.3 is 14.7 Å². The van der Waals surface area contributed by atoms with Crippen LogP contribution in [-0.4, -0.2) is 12.3 Å². The van der Waals surface area contributed by atoms with Crippen molar-refractivity contribution in [3.05, 3.63) is 233 Å². The lowest BCUT2D eigenvalue weighted by molar-refractivity contribution is 0.215. The van der Waals surface area contributed by atoms with Crippen molar-refractivity contribution in [2.75, 3.05) is 14.7 Å². The van der Waals surface area contributed by atoms with Gasteiger partial charge >= 0.3 is 0 Å². The van der Waals surface area contributed by atoms with Crippen molar-refractivity contribution in [2.45, 2.75) is 174 Å². The fourth-order valence-corrected chi connectivity index (χ4v) is 15.2. The molecule has 4 aliphatic rings. The summed E-state index contributed by atoms with van der Waals surface area (Å²) in [5, 5.41) is 0. The minimum absolute atomic E-state index is 0.00735. The van der Waals surface area contributed by atoms with Crippen LogP contribution in [0.3, 0.4) is 0 Å². The highest BCUT2D eigenvalue weighted by Crippen LogP contribution is 2.64. The Morgan fingerprint density at radius 3 is 1.46 bits per heavy atom. The highest BCUT2D eigenvalue weighted by Gasteiger charge is 2.61. The third-order valence-electron chi connectivity index (χ3n) is 20.1. The van der Waals surface area contributed by atoms with Crippen molar-refractivity contribution in [1.82, 2.24) is 0 Å². The molecule has 0 spiro atoms. The van der Waals surface area contributed by atoms with E-state index in [0.29, 0.717) is 0 Å². The van der Waals surface area contributed by atoms with Crippen LogP contribution in [0.4, 0.5) is 45.5 Å². The number of hydrogen-bond donors (Lipinski definition) is 0. The summed E-state index contributed by atoms with van der Waals surface area (Å²) in [4.78, 5) is 8.15. The highest BCUT2D eigenvalue weighted by molar-refractivity contribution is 7.00. The van der Waals surface area contributed by atoms with E-state index in [-0.39, 0.29) is 44.7 Å². The molecule has 0 amide bonds. The molecule has 85 heavy (non-hydrogen) atoms. The quantitative estimate of drug-likeness (QED) is 0.154. The van der Waals surface area contributed by atoms with E-state index in [1.807, 2.05) is 0 Å². The Balaban J connectivity index is 1.11. The van der Waals surface area contributed by atoms with Crippen LogP contribution in [0.2, 0.25) is 0 Å². The van der Waals surface area contributed by atoms with Crippen LogP contribution >= 0.6 is 0 Å². The molecule has 0 aromatic heterocycles. The average molecular weight is 1110 g/mol. The van der Waals surface area contributed by atoms with Crippen molar-refractivity contribution < 1.29 is 0 Å². The predicted molar refractivity (Wildman–Crippen MR) is 368 cm³/mol. The van der Waals surface area contributed by atoms with Gasteiger partial charge in [0.15, 0.2) is 0 Å². The van der Waals surface area contributed by atoms with E-state index < -0.39 is 0 Å². The summed E-state index contributed by atoms with van der Waals surface area (Å²) >= 11 is 0. The van der Waals surface area contributed by atoms with E-state index >= 15 is 0 Å². The van der Waals surface area contributed by atoms with Crippen LogP contribution in [0.5, 0.6) is 0 Å². The van der Waals surface area contributed by atoms with E-state index in [4.69, 9.17) is 0 Å². The van der Waals surface area contributed by atoms with Crippen LogP contribution in [0.25, 0.3) is 22.3 Å². The maximum Gasteiger partial charge on any atom is 0.252 e. The topological polar surface area (TPSA) is 9.72 Å². The van der Waals surface area contributed by atoms with Gasteiger partial charge in [-0.15, -0.1) is 0 Å². The molecule has 9 aromatic rings. The monoisotopic (exact) mass is 1110 g/mol. The van der Waals surface area contributed by atoms with Gasteiger partial charge in [0.05, 0.1) is 11.2 Å². The molecule has 1 saturated carbocycles. The van der Waals surface area contributed by atoms with Crippen LogP contribution in [-0.2, 0) is 32.5 Å². The SMILES string of the molecule is CC(C)(C)c1ccc(N2c3cc(N4c5ccc(C(C)(C)C)cc5C5(c6ccc(C(C)(C)C)cc6)CCCCC45C)ccc3B3c4cc(-c5ccccc5)ccc4N(c4ccc(C(C)(C)C)cc4-c4ccccc4)c4cc(C(C)(C)C)cc2c43)cc1. The fourth-order valence-electron chi connectivity index (χ4n) is 15.2. The van der Waals surface area contributed by atoms with E-state index in [1.54, 1.807) is 0 Å². The Morgan fingerprint density at radius 1 is 0.353 bits per heavy atom. The van der Waals surface area contributed by atoms with Crippen molar-refractivity contribution in [3.63, 3.8) is 0 Å². The molecule has 0 radical (unpaired) electrons. The summed E-state index contributed by atoms with van der Waals surface area (Å²) in [6, 6.07) is 76.5. The highest BCUT2D eigenvalue weighted by atomic mass is 15.3. The first kappa shape index (κ1) is 56.6. The number of nitrogens with zero attached hydrogens (tertiary/aromatic N) is 3. The van der Waals surface area contributed by atoms with Gasteiger partial charge in [-0.05, 0) is 180 Å². The van der Waals surface area contributed by atoms with Crippen molar-refractivity contribution >= 4 is 68.6 Å². The number of rotatable bonds is 6. The number of hydrogen-bond acceptors (Lipinski definition) is 3. The first-order valence-electron chi connectivity index (χ1n) is 31.7. The van der Waals surface area contributed by atoms with Gasteiger partial charge in [-0.25, -0.2) is 0 Å². The van der Waals surface area contributed by atoms with E-state index in [2.05, 4.69) is 320 Å². The van der Waals surface area contributed by atoms with Gasteiger partial charge in [0, 0.05) is 50.8 Å². The predicted octanol–water partition coefficient (Wildman–Crippen LogP) is 20.4. The molecule has 3 nitrogen and oxygen atoms in total. The second kappa shape index (κ2) is 19.7. The lowest BCUT2D eigenvalue weighted by Gasteiger charge is -2.52. The molecule has 4 heteroatoms. The number of fused-ring (bicyclic) bond motifs is 7. The van der Waals surface area contributed by atoms with Gasteiger partial charge in [-0.1, -0.05) is 250 Å². The third kappa shape index (κ3) is 9.21. The Labute approximate surface area is 510 Å². The zero-order valence-corrected chi connectivity index (χ0v) is 53.7. The lowest BCUT2D eigenvalue weighted by Crippen LogP contribution is -2.61. The molecule has 0 saturated heterocycles. The van der Waals surface area contributed by atoms with Crippen LogP contribution in [0.15, 0.2) is 194 Å². The summed E-state index contributed by atoms with van der Waals surface area (Å²) in [6.07, 6.45) is 4.56. The Bertz CT molecular complexity index is 4040. The first-order valence-corrected chi connectivity index (χ1v) is 31.7. The summed E-state index contributed by atoms with van der Waals surface area (Å²) < 4.78 is 0. The second-order valence-corrected chi connectivity index (χ2v) is 30.8. The minimum atomic E-state index is -0.262. The average Bonchev–Trinajstić information content (AvgIpc) is 1.66. The normalized spacial score (nSPS) is 18.4. The Hall–Kier alpha value is -7.56. The van der Waals surface area contributed by atoms with Crippen LogP contribution in [0, 0.1) is 0 Å². The largest absolute Gasteiger partial charge is 0.334 e. The van der Waals surface area contributed by atoms with Crippen molar-refractivity contribution in [3.8, 4) is 22.3 Å². The van der Waals surface area contributed by atoms with Crippen LogP contribution < -0.4 is 31.1 Å². The molecule has 9 aromatic carbocycles. The molecule has 2 atom stereocenters. The van der Waals surface area contributed by atoms with Crippen molar-refractivity contribution in [1.29, 1.82) is 0 Å². The standard InChI is InChI=1S/C81H88BN3/c1-75(2,3)56-30-32-58(33-31-56)81-46-24-23-45-80(81,16)85(69-44-37-60(49-65(69)81)78(10,11)12)63-40-41-66-71(52-63)83(62-38-34-57(35-39-62)76(4,5)6)72-50-61(79(13,14)15)51-73-74(72)82(66)67-47-55(53-25-19-17-20-26-53)29-42-70(67)84(73)68-43-36-59(77(7,8)9)48-64(68)54-27-21-18-22-28-54/h17-22,25-44,47-52H,23-24,45-46H2,1-16H3. The maximum atomic E-state index is 2.83. The van der Waals surface area contributed by atoms with E-state index in [1.165, 1.54) is 136 Å². The molecule has 1 fully saturated rings. The summed E-state index contributed by atoms with van der Waals surface area (Å²) in [5.74, 6) is 0. The molecular formula is C81H88BN3. The molecule has 3 heterocycles. The molecule has 430 valence electrons. The summed E-state index contributed by atoms with van der Waals surface area (Å²) in [6.45, 7) is 37.8. The van der Waals surface area contributed by atoms with Gasteiger partial charge in [0.25, 0.3) is 6.71 Å². The smallest absolute Gasteiger partial charge is 0.252 e. The minimum Gasteiger partial charge on any atom is -0.334 e. The van der Waals surface area contributed by atoms with E-state index in [9.17, 15) is 0 Å². The van der Waals surface area contributed by atoms with Gasteiger partial charge in [-0.2, -0.15) is 0 Å². The number of benzene rings is 9.